The number of ether oxygens (including phenoxy) is 1. The van der Waals surface area contributed by atoms with Gasteiger partial charge in [0.15, 0.2) is 17.2 Å². The molecule has 27 heavy (non-hydrogen) atoms. The van der Waals surface area contributed by atoms with Gasteiger partial charge < -0.3 is 9.15 Å². The van der Waals surface area contributed by atoms with E-state index in [1.54, 1.807) is 29.8 Å². The van der Waals surface area contributed by atoms with Crippen LogP contribution in [-0.4, -0.2) is 17.5 Å². The van der Waals surface area contributed by atoms with Crippen LogP contribution in [0.25, 0.3) is 22.1 Å². The number of nitrogens with one attached hydrogen (secondary N) is 1. The molecule has 4 aromatic rings. The Morgan fingerprint density at radius 2 is 2.04 bits per heavy atom. The lowest BCUT2D eigenvalue weighted by molar-refractivity contribution is -0.118. The van der Waals surface area contributed by atoms with Crippen molar-refractivity contribution in [3.8, 4) is 16.9 Å². The minimum atomic E-state index is -0.314. The van der Waals surface area contributed by atoms with Gasteiger partial charge in [0.2, 0.25) is 0 Å². The molecule has 0 aliphatic carbocycles. The third kappa shape index (κ3) is 3.73. The minimum Gasteiger partial charge on any atom is -0.484 e. The number of anilines is 1. The van der Waals surface area contributed by atoms with Crippen LogP contribution in [0.4, 0.5) is 5.13 Å². The highest BCUT2D eigenvalue weighted by Gasteiger charge is 2.11. The fourth-order valence-corrected chi connectivity index (χ4v) is 3.15. The maximum Gasteiger partial charge on any atom is 0.264 e. The van der Waals surface area contributed by atoms with E-state index >= 15 is 0 Å². The molecule has 6 nitrogen and oxygen atoms in total. The summed E-state index contributed by atoms with van der Waals surface area (Å²) in [6, 6.07) is 14.2. The quantitative estimate of drug-likeness (QED) is 0.569. The molecule has 2 heterocycles. The first-order valence-electron chi connectivity index (χ1n) is 8.14. The fraction of sp³-hybridized carbons (Fsp3) is 0.0500. The Hall–Kier alpha value is -3.45. The molecule has 7 heteroatoms. The molecule has 4 rings (SSSR count). The number of amides is 1. The topological polar surface area (TPSA) is 81.4 Å². The molecule has 1 N–H and O–H groups in total. The van der Waals surface area contributed by atoms with Gasteiger partial charge in [-0.3, -0.25) is 14.9 Å². The Bertz CT molecular complexity index is 1140. The number of hydrogen-bond acceptors (Lipinski definition) is 6. The molecule has 0 spiro atoms. The first-order chi connectivity index (χ1) is 13.2. The van der Waals surface area contributed by atoms with Crippen LogP contribution in [0.1, 0.15) is 0 Å². The summed E-state index contributed by atoms with van der Waals surface area (Å²) < 4.78 is 11.1. The summed E-state index contributed by atoms with van der Waals surface area (Å²) in [7, 11) is 0. The summed E-state index contributed by atoms with van der Waals surface area (Å²) in [5, 5.41) is 5.37. The lowest BCUT2D eigenvalue weighted by Gasteiger charge is -2.07. The molecular weight excluding hydrogens is 364 g/mol. The van der Waals surface area contributed by atoms with Crippen LogP contribution >= 0.6 is 11.3 Å². The summed E-state index contributed by atoms with van der Waals surface area (Å²) in [5.41, 5.74) is 1.58. The maximum absolute atomic E-state index is 12.7. The second kappa shape index (κ2) is 7.43. The van der Waals surface area contributed by atoms with E-state index in [-0.39, 0.29) is 17.9 Å². The number of benzene rings is 2. The Morgan fingerprint density at radius 1 is 1.19 bits per heavy atom. The van der Waals surface area contributed by atoms with E-state index in [2.05, 4.69) is 10.3 Å². The molecular formula is C20H14N2O4S. The van der Waals surface area contributed by atoms with E-state index in [0.717, 1.165) is 5.56 Å². The zero-order chi connectivity index (χ0) is 18.6. The predicted molar refractivity (Wildman–Crippen MR) is 104 cm³/mol. The van der Waals surface area contributed by atoms with E-state index in [1.165, 1.54) is 17.6 Å². The van der Waals surface area contributed by atoms with Gasteiger partial charge in [-0.15, -0.1) is 11.3 Å². The van der Waals surface area contributed by atoms with Gasteiger partial charge in [0.1, 0.15) is 17.6 Å². The molecule has 2 aromatic carbocycles. The molecule has 0 saturated carbocycles. The van der Waals surface area contributed by atoms with Crippen molar-refractivity contribution in [2.24, 2.45) is 0 Å². The number of aromatic nitrogens is 1. The standard InChI is InChI=1S/C20H14N2O4S/c23-18(22-20-21-8-9-27-20)12-25-14-6-7-15-17(10-14)26-11-16(19(15)24)13-4-2-1-3-5-13/h1-11H,12H2,(H,21,22,23). The minimum absolute atomic E-state index is 0.115. The number of rotatable bonds is 5. The highest BCUT2D eigenvalue weighted by molar-refractivity contribution is 7.13. The van der Waals surface area contributed by atoms with Gasteiger partial charge in [-0.2, -0.15) is 0 Å². The second-order valence-corrected chi connectivity index (χ2v) is 6.57. The Balaban J connectivity index is 1.53. The van der Waals surface area contributed by atoms with Crippen molar-refractivity contribution in [2.75, 3.05) is 11.9 Å². The highest BCUT2D eigenvalue weighted by Crippen LogP contribution is 2.23. The number of carbonyl (C=O) groups excluding carboxylic acids is 1. The van der Waals surface area contributed by atoms with E-state index < -0.39 is 0 Å². The molecule has 0 bridgehead atoms. The molecule has 134 valence electrons. The van der Waals surface area contributed by atoms with Crippen LogP contribution in [0.3, 0.4) is 0 Å². The molecule has 0 atom stereocenters. The van der Waals surface area contributed by atoms with Gasteiger partial charge >= 0.3 is 0 Å². The number of carbonyl (C=O) groups is 1. The largest absolute Gasteiger partial charge is 0.484 e. The van der Waals surface area contributed by atoms with E-state index in [1.807, 2.05) is 30.3 Å². The summed E-state index contributed by atoms with van der Waals surface area (Å²) in [4.78, 5) is 28.5. The molecule has 0 saturated heterocycles. The van der Waals surface area contributed by atoms with Crippen LogP contribution in [0, 0.1) is 0 Å². The molecule has 0 fully saturated rings. The van der Waals surface area contributed by atoms with E-state index in [4.69, 9.17) is 9.15 Å². The van der Waals surface area contributed by atoms with Crippen LogP contribution in [0.2, 0.25) is 0 Å². The van der Waals surface area contributed by atoms with Crippen LogP contribution in [0.15, 0.2) is 75.6 Å². The van der Waals surface area contributed by atoms with Gasteiger partial charge in [0.05, 0.1) is 10.9 Å². The van der Waals surface area contributed by atoms with Crippen LogP contribution in [0.5, 0.6) is 5.75 Å². The van der Waals surface area contributed by atoms with E-state index in [0.29, 0.717) is 27.4 Å². The Morgan fingerprint density at radius 3 is 2.81 bits per heavy atom. The molecule has 0 aliphatic heterocycles. The van der Waals surface area contributed by atoms with Crippen molar-refractivity contribution in [1.82, 2.24) is 4.98 Å². The molecule has 0 aliphatic rings. The van der Waals surface area contributed by atoms with Crippen molar-refractivity contribution < 1.29 is 13.9 Å². The summed E-state index contributed by atoms with van der Waals surface area (Å²) >= 11 is 1.33. The van der Waals surface area contributed by atoms with Gasteiger partial charge in [-0.1, -0.05) is 30.3 Å². The molecule has 2 aromatic heterocycles. The number of hydrogen-bond donors (Lipinski definition) is 1. The van der Waals surface area contributed by atoms with Gasteiger partial charge in [0, 0.05) is 17.6 Å². The van der Waals surface area contributed by atoms with Crippen molar-refractivity contribution >= 4 is 33.3 Å². The lowest BCUT2D eigenvalue weighted by Crippen LogP contribution is -2.20. The monoisotopic (exact) mass is 378 g/mol. The predicted octanol–water partition coefficient (Wildman–Crippen LogP) is 3.93. The Kier molecular flexibility index (Phi) is 4.67. The van der Waals surface area contributed by atoms with Crippen molar-refractivity contribution in [1.29, 1.82) is 0 Å². The maximum atomic E-state index is 12.7. The van der Waals surface area contributed by atoms with Crippen molar-refractivity contribution in [3.05, 3.63) is 76.6 Å². The van der Waals surface area contributed by atoms with Gasteiger partial charge in [-0.05, 0) is 17.7 Å². The first-order valence-corrected chi connectivity index (χ1v) is 9.02. The smallest absolute Gasteiger partial charge is 0.264 e. The summed E-state index contributed by atoms with van der Waals surface area (Å²) in [5.74, 6) is 0.123. The normalized spacial score (nSPS) is 10.7. The highest BCUT2D eigenvalue weighted by atomic mass is 32.1. The van der Waals surface area contributed by atoms with Crippen molar-refractivity contribution in [2.45, 2.75) is 0 Å². The Labute approximate surface area is 158 Å². The average Bonchev–Trinajstić information content (AvgIpc) is 3.20. The first kappa shape index (κ1) is 17.0. The molecule has 0 radical (unpaired) electrons. The zero-order valence-electron chi connectivity index (χ0n) is 14.0. The van der Waals surface area contributed by atoms with E-state index in [9.17, 15) is 9.59 Å². The summed E-state index contributed by atoms with van der Waals surface area (Å²) in [6.45, 7) is -0.169. The number of nitrogens with zero attached hydrogens (tertiary/aromatic N) is 1. The number of thiazole rings is 1. The molecule has 1 amide bonds. The average molecular weight is 378 g/mol. The fourth-order valence-electron chi connectivity index (χ4n) is 2.60. The van der Waals surface area contributed by atoms with Crippen molar-refractivity contribution in [3.63, 3.8) is 0 Å². The van der Waals surface area contributed by atoms with Gasteiger partial charge in [-0.25, -0.2) is 4.98 Å². The third-order valence-corrected chi connectivity index (χ3v) is 4.57. The number of fused-ring (bicyclic) bond motifs is 1. The SMILES string of the molecule is O=C(COc1ccc2c(=O)c(-c3ccccc3)coc2c1)Nc1nccs1. The van der Waals surface area contributed by atoms with Crippen LogP contribution in [-0.2, 0) is 4.79 Å². The molecule has 0 unspecified atom stereocenters. The zero-order valence-corrected chi connectivity index (χ0v) is 14.9. The lowest BCUT2D eigenvalue weighted by atomic mass is 10.1. The van der Waals surface area contributed by atoms with Crippen LogP contribution < -0.4 is 15.5 Å². The van der Waals surface area contributed by atoms with Gasteiger partial charge in [0.25, 0.3) is 5.91 Å². The summed E-state index contributed by atoms with van der Waals surface area (Å²) in [6.07, 6.45) is 3.05. The third-order valence-electron chi connectivity index (χ3n) is 3.88. The second-order valence-electron chi connectivity index (χ2n) is 5.68.